The Balaban J connectivity index is 1.86. The van der Waals surface area contributed by atoms with E-state index in [4.69, 9.17) is 0 Å². The van der Waals surface area contributed by atoms with Gasteiger partial charge in [0.05, 0.1) is 11.1 Å². The molecule has 106 valence electrons. The van der Waals surface area contributed by atoms with E-state index in [-0.39, 0.29) is 11.8 Å². The summed E-state index contributed by atoms with van der Waals surface area (Å²) >= 11 is 0. The second-order valence-electron chi connectivity index (χ2n) is 4.46. The molecule has 1 aromatic carbocycles. The minimum atomic E-state index is -0.380. The molecule has 0 saturated heterocycles. The van der Waals surface area contributed by atoms with E-state index in [0.717, 1.165) is 6.54 Å². The van der Waals surface area contributed by atoms with Gasteiger partial charge in [-0.3, -0.25) is 14.9 Å². The number of nitrogens with zero attached hydrogens (tertiary/aromatic N) is 2. The molecule has 3 rings (SSSR count). The van der Waals surface area contributed by atoms with Crippen LogP contribution in [0.5, 0.6) is 0 Å². The Bertz CT molecular complexity index is 729. The van der Waals surface area contributed by atoms with Crippen LogP contribution in [0.2, 0.25) is 0 Å². The van der Waals surface area contributed by atoms with E-state index in [9.17, 15) is 9.59 Å². The summed E-state index contributed by atoms with van der Waals surface area (Å²) in [6.45, 7) is 2.68. The third-order valence-electron chi connectivity index (χ3n) is 3.00. The maximum atomic E-state index is 11.6. The first-order chi connectivity index (χ1) is 10.2. The van der Waals surface area contributed by atoms with E-state index in [2.05, 4.69) is 25.9 Å². The first-order valence-corrected chi connectivity index (χ1v) is 6.51. The number of rotatable bonds is 4. The SMILES string of the molecule is CCNc1nccc(Nc2ccc3c(c2)C(=O)NC3=O)n1. The number of imide groups is 1. The summed E-state index contributed by atoms with van der Waals surface area (Å²) in [5.74, 6) is 0.384. The predicted molar refractivity (Wildman–Crippen MR) is 77.7 cm³/mol. The zero-order valence-electron chi connectivity index (χ0n) is 11.3. The Morgan fingerprint density at radius 3 is 2.76 bits per heavy atom. The van der Waals surface area contributed by atoms with Crippen molar-refractivity contribution in [2.75, 3.05) is 17.2 Å². The average molecular weight is 283 g/mol. The van der Waals surface area contributed by atoms with Crippen molar-refractivity contribution in [1.82, 2.24) is 15.3 Å². The van der Waals surface area contributed by atoms with Crippen LogP contribution in [0.15, 0.2) is 30.5 Å². The zero-order chi connectivity index (χ0) is 14.8. The molecule has 21 heavy (non-hydrogen) atoms. The fourth-order valence-electron chi connectivity index (χ4n) is 2.07. The standard InChI is InChI=1S/C14H13N5O2/c1-2-15-14-16-6-5-11(18-14)17-8-3-4-9-10(7-8)13(21)19-12(9)20/h3-7H,2H2,1H3,(H,19,20,21)(H2,15,16,17,18). The van der Waals surface area contributed by atoms with E-state index < -0.39 is 0 Å². The second kappa shape index (κ2) is 5.20. The molecule has 0 spiro atoms. The van der Waals surface area contributed by atoms with Crippen molar-refractivity contribution in [2.45, 2.75) is 6.92 Å². The summed E-state index contributed by atoms with van der Waals surface area (Å²) in [4.78, 5) is 31.5. The Morgan fingerprint density at radius 2 is 1.95 bits per heavy atom. The van der Waals surface area contributed by atoms with Gasteiger partial charge in [0, 0.05) is 18.4 Å². The monoisotopic (exact) mass is 283 g/mol. The van der Waals surface area contributed by atoms with Crippen molar-refractivity contribution in [2.24, 2.45) is 0 Å². The molecular formula is C14H13N5O2. The van der Waals surface area contributed by atoms with E-state index in [1.807, 2.05) is 6.92 Å². The number of amides is 2. The minimum absolute atomic E-state index is 0.363. The third kappa shape index (κ3) is 2.53. The number of hydrogen-bond acceptors (Lipinski definition) is 6. The van der Waals surface area contributed by atoms with E-state index in [1.165, 1.54) is 0 Å². The van der Waals surface area contributed by atoms with Crippen molar-refractivity contribution >= 4 is 29.3 Å². The molecule has 0 fully saturated rings. The molecule has 7 nitrogen and oxygen atoms in total. The maximum absolute atomic E-state index is 11.6. The third-order valence-corrected chi connectivity index (χ3v) is 3.00. The summed E-state index contributed by atoms with van der Waals surface area (Å²) < 4.78 is 0. The summed E-state index contributed by atoms with van der Waals surface area (Å²) in [6, 6.07) is 6.69. The predicted octanol–water partition coefficient (Wildman–Crippen LogP) is 1.54. The number of anilines is 3. The largest absolute Gasteiger partial charge is 0.354 e. The van der Waals surface area contributed by atoms with Crippen LogP contribution in [0.3, 0.4) is 0 Å². The number of nitrogens with one attached hydrogen (secondary N) is 3. The lowest BCUT2D eigenvalue weighted by Crippen LogP contribution is -2.19. The van der Waals surface area contributed by atoms with Gasteiger partial charge in [-0.15, -0.1) is 0 Å². The van der Waals surface area contributed by atoms with Crippen LogP contribution in [-0.2, 0) is 0 Å². The quantitative estimate of drug-likeness (QED) is 0.736. The summed E-state index contributed by atoms with van der Waals surface area (Å²) in [7, 11) is 0. The molecule has 1 aliphatic rings. The minimum Gasteiger partial charge on any atom is -0.354 e. The topological polar surface area (TPSA) is 96.0 Å². The van der Waals surface area contributed by atoms with Gasteiger partial charge in [0.15, 0.2) is 0 Å². The molecule has 2 heterocycles. The van der Waals surface area contributed by atoms with Gasteiger partial charge in [-0.1, -0.05) is 0 Å². The lowest BCUT2D eigenvalue weighted by molar-refractivity contribution is 0.0879. The summed E-state index contributed by atoms with van der Waals surface area (Å²) in [5, 5.41) is 8.36. The van der Waals surface area contributed by atoms with Crippen molar-refractivity contribution < 1.29 is 9.59 Å². The average Bonchev–Trinajstić information content (AvgIpc) is 2.74. The molecule has 2 aromatic rings. The molecular weight excluding hydrogens is 270 g/mol. The van der Waals surface area contributed by atoms with Crippen LogP contribution < -0.4 is 16.0 Å². The van der Waals surface area contributed by atoms with Crippen LogP contribution >= 0.6 is 0 Å². The van der Waals surface area contributed by atoms with Gasteiger partial charge in [0.1, 0.15) is 5.82 Å². The van der Waals surface area contributed by atoms with Crippen LogP contribution in [0, 0.1) is 0 Å². The van der Waals surface area contributed by atoms with Crippen LogP contribution in [0.1, 0.15) is 27.6 Å². The number of benzene rings is 1. The van der Waals surface area contributed by atoms with Gasteiger partial charge in [0.25, 0.3) is 11.8 Å². The molecule has 0 atom stereocenters. The molecule has 2 amide bonds. The van der Waals surface area contributed by atoms with Gasteiger partial charge in [-0.2, -0.15) is 4.98 Å². The Labute approximate surface area is 120 Å². The molecule has 7 heteroatoms. The molecule has 1 aromatic heterocycles. The highest BCUT2D eigenvalue weighted by molar-refractivity contribution is 6.21. The van der Waals surface area contributed by atoms with Crippen LogP contribution in [0.25, 0.3) is 0 Å². The number of carbonyl (C=O) groups excluding carboxylic acids is 2. The number of aromatic nitrogens is 2. The lowest BCUT2D eigenvalue weighted by Gasteiger charge is -2.08. The van der Waals surface area contributed by atoms with Crippen molar-refractivity contribution in [1.29, 1.82) is 0 Å². The van der Waals surface area contributed by atoms with Gasteiger partial charge < -0.3 is 10.6 Å². The first-order valence-electron chi connectivity index (χ1n) is 6.51. The molecule has 0 saturated carbocycles. The fourth-order valence-corrected chi connectivity index (χ4v) is 2.07. The number of hydrogen-bond donors (Lipinski definition) is 3. The molecule has 0 aliphatic carbocycles. The smallest absolute Gasteiger partial charge is 0.259 e. The highest BCUT2D eigenvalue weighted by Crippen LogP contribution is 2.22. The molecule has 3 N–H and O–H groups in total. The highest BCUT2D eigenvalue weighted by atomic mass is 16.2. The molecule has 0 unspecified atom stereocenters. The van der Waals surface area contributed by atoms with Crippen LogP contribution in [-0.4, -0.2) is 28.3 Å². The zero-order valence-corrected chi connectivity index (χ0v) is 11.3. The Hall–Kier alpha value is -2.96. The fraction of sp³-hybridized carbons (Fsp3) is 0.143. The van der Waals surface area contributed by atoms with E-state index in [1.54, 1.807) is 30.5 Å². The van der Waals surface area contributed by atoms with Crippen molar-refractivity contribution in [3.8, 4) is 0 Å². The van der Waals surface area contributed by atoms with Gasteiger partial charge in [-0.25, -0.2) is 4.98 Å². The van der Waals surface area contributed by atoms with Gasteiger partial charge in [-0.05, 0) is 31.2 Å². The van der Waals surface area contributed by atoms with E-state index in [0.29, 0.717) is 28.6 Å². The van der Waals surface area contributed by atoms with Crippen molar-refractivity contribution in [3.05, 3.63) is 41.6 Å². The molecule has 0 radical (unpaired) electrons. The molecule has 1 aliphatic heterocycles. The van der Waals surface area contributed by atoms with Gasteiger partial charge >= 0.3 is 0 Å². The Kier molecular flexibility index (Phi) is 3.23. The molecule has 0 bridgehead atoms. The van der Waals surface area contributed by atoms with Crippen LogP contribution in [0.4, 0.5) is 17.5 Å². The van der Waals surface area contributed by atoms with Crippen molar-refractivity contribution in [3.63, 3.8) is 0 Å². The summed E-state index contributed by atoms with van der Waals surface area (Å²) in [6.07, 6.45) is 1.64. The maximum Gasteiger partial charge on any atom is 0.259 e. The normalized spacial score (nSPS) is 12.8. The second-order valence-corrected chi connectivity index (χ2v) is 4.46. The summed E-state index contributed by atoms with van der Waals surface area (Å²) in [5.41, 5.74) is 1.44. The lowest BCUT2D eigenvalue weighted by atomic mass is 10.1. The highest BCUT2D eigenvalue weighted by Gasteiger charge is 2.26. The number of fused-ring (bicyclic) bond motifs is 1. The number of carbonyl (C=O) groups is 2. The van der Waals surface area contributed by atoms with Gasteiger partial charge in [0.2, 0.25) is 5.95 Å². The Morgan fingerprint density at radius 1 is 1.14 bits per heavy atom. The van der Waals surface area contributed by atoms with E-state index >= 15 is 0 Å². The first kappa shape index (κ1) is 13.0.